The topological polar surface area (TPSA) is 86.7 Å². The Hall–Kier alpha value is -3.77. The molecular weight excluding hydrogens is 428 g/mol. The minimum atomic E-state index is -1.74. The van der Waals surface area contributed by atoms with Crippen LogP contribution in [0, 0.1) is 32.6 Å². The number of anilines is 1. The van der Waals surface area contributed by atoms with Crippen LogP contribution < -0.4 is 10.2 Å². The second kappa shape index (κ2) is 7.92. The number of fused-ring (bicyclic) bond motifs is 1. The molecule has 2 amide bonds. The third kappa shape index (κ3) is 3.02. The average molecular weight is 455 g/mol. The lowest BCUT2D eigenvalue weighted by Crippen LogP contribution is -2.53. The molecule has 4 unspecified atom stereocenters. The predicted octanol–water partition coefficient (Wildman–Crippen LogP) is 4.04. The Labute approximate surface area is 198 Å². The summed E-state index contributed by atoms with van der Waals surface area (Å²) in [5.74, 6) is -3.99. The number of aryl methyl sites for hydroxylation is 3. The zero-order valence-electron chi connectivity index (χ0n) is 19.3. The fourth-order valence-electron chi connectivity index (χ4n) is 5.61. The highest BCUT2D eigenvalue weighted by Crippen LogP contribution is 2.54. The van der Waals surface area contributed by atoms with Crippen molar-refractivity contribution in [2.75, 3.05) is 4.90 Å². The van der Waals surface area contributed by atoms with E-state index >= 15 is 0 Å². The van der Waals surface area contributed by atoms with Crippen molar-refractivity contribution >= 4 is 23.5 Å². The molecule has 2 saturated heterocycles. The molecule has 0 bridgehead atoms. The van der Waals surface area contributed by atoms with Crippen LogP contribution in [0.1, 0.15) is 33.9 Å². The van der Waals surface area contributed by atoms with E-state index in [-0.39, 0.29) is 5.91 Å². The van der Waals surface area contributed by atoms with Gasteiger partial charge in [-0.15, -0.1) is 0 Å². The fraction of sp³-hybridized carbons (Fsp3) is 0.250. The first kappa shape index (κ1) is 22.0. The second-order valence-corrected chi connectivity index (χ2v) is 9.26. The Morgan fingerprint density at radius 2 is 1.56 bits per heavy atom. The molecule has 2 heterocycles. The van der Waals surface area contributed by atoms with Gasteiger partial charge in [-0.2, -0.15) is 0 Å². The summed E-state index contributed by atoms with van der Waals surface area (Å²) in [6.07, 6.45) is 0. The second-order valence-electron chi connectivity index (χ2n) is 9.26. The lowest BCUT2D eigenvalue weighted by molar-refractivity contribution is -0.149. The molecule has 5 rings (SSSR count). The smallest absolute Gasteiger partial charge is 0.329 e. The maximum Gasteiger partial charge on any atom is 0.329 e. The van der Waals surface area contributed by atoms with Crippen molar-refractivity contribution in [2.45, 2.75) is 32.4 Å². The molecule has 0 spiro atoms. The number of imide groups is 1. The molecule has 2 fully saturated rings. The summed E-state index contributed by atoms with van der Waals surface area (Å²) in [6, 6.07) is 21.2. The van der Waals surface area contributed by atoms with E-state index in [1.807, 2.05) is 51.1 Å². The van der Waals surface area contributed by atoms with Crippen molar-refractivity contribution in [3.8, 4) is 0 Å². The summed E-state index contributed by atoms with van der Waals surface area (Å²) >= 11 is 0. The lowest BCUT2D eigenvalue weighted by atomic mass is 9.75. The molecule has 3 aromatic rings. The predicted molar refractivity (Wildman–Crippen MR) is 128 cm³/mol. The Balaban J connectivity index is 1.76. The highest BCUT2D eigenvalue weighted by molar-refractivity contribution is 6.24. The van der Waals surface area contributed by atoms with Crippen LogP contribution in [0.25, 0.3) is 0 Å². The Morgan fingerprint density at radius 1 is 0.882 bits per heavy atom. The first-order chi connectivity index (χ1) is 16.3. The quantitative estimate of drug-likeness (QED) is 0.581. The molecule has 172 valence electrons. The van der Waals surface area contributed by atoms with Crippen LogP contribution in [0.5, 0.6) is 0 Å². The van der Waals surface area contributed by atoms with Crippen molar-refractivity contribution in [3.05, 3.63) is 101 Å². The molecule has 6 nitrogen and oxygen atoms in total. The van der Waals surface area contributed by atoms with Crippen LogP contribution in [-0.4, -0.2) is 22.9 Å². The van der Waals surface area contributed by atoms with Gasteiger partial charge in [0.25, 0.3) is 0 Å². The summed E-state index contributed by atoms with van der Waals surface area (Å²) in [6.45, 7) is 5.74. The number of hydrogen-bond acceptors (Lipinski definition) is 4. The van der Waals surface area contributed by atoms with E-state index in [1.54, 1.807) is 42.5 Å². The molecule has 34 heavy (non-hydrogen) atoms. The highest BCUT2D eigenvalue weighted by atomic mass is 16.4. The number of carboxylic acids is 1. The Kier molecular flexibility index (Phi) is 5.14. The number of nitrogens with one attached hydrogen (secondary N) is 1. The first-order valence-corrected chi connectivity index (χ1v) is 11.3. The van der Waals surface area contributed by atoms with Gasteiger partial charge in [0, 0.05) is 6.04 Å². The number of carbonyl (C=O) groups excluding carboxylic acids is 2. The van der Waals surface area contributed by atoms with Crippen molar-refractivity contribution in [2.24, 2.45) is 11.8 Å². The number of aliphatic carboxylic acids is 1. The Morgan fingerprint density at radius 3 is 2.24 bits per heavy atom. The van der Waals surface area contributed by atoms with Gasteiger partial charge in [0.2, 0.25) is 11.8 Å². The summed E-state index contributed by atoms with van der Waals surface area (Å²) in [4.78, 5) is 42.1. The van der Waals surface area contributed by atoms with E-state index in [2.05, 4.69) is 5.32 Å². The molecule has 2 aliphatic heterocycles. The van der Waals surface area contributed by atoms with E-state index in [0.29, 0.717) is 11.3 Å². The van der Waals surface area contributed by atoms with Crippen LogP contribution in [-0.2, 0) is 19.9 Å². The molecule has 4 atom stereocenters. The summed E-state index contributed by atoms with van der Waals surface area (Å²) in [5.41, 5.74) is 2.77. The monoisotopic (exact) mass is 454 g/mol. The normalized spacial score (nSPS) is 26.1. The van der Waals surface area contributed by atoms with E-state index in [1.165, 1.54) is 4.90 Å². The molecule has 0 aromatic heterocycles. The summed E-state index contributed by atoms with van der Waals surface area (Å²) < 4.78 is 0. The van der Waals surface area contributed by atoms with E-state index in [9.17, 15) is 19.5 Å². The van der Waals surface area contributed by atoms with E-state index < -0.39 is 35.3 Å². The lowest BCUT2D eigenvalue weighted by Gasteiger charge is -2.32. The molecule has 0 saturated carbocycles. The summed E-state index contributed by atoms with van der Waals surface area (Å²) in [5, 5.41) is 13.9. The number of amides is 2. The van der Waals surface area contributed by atoms with Gasteiger partial charge in [-0.3, -0.25) is 14.9 Å². The zero-order valence-corrected chi connectivity index (χ0v) is 19.3. The SMILES string of the molecule is Cc1ccc(C)c(C2NC(C(=O)O)(c3ccccc3)C3C(=O)N(c4ccccc4C)C(=O)C23)c1. The van der Waals surface area contributed by atoms with Gasteiger partial charge in [0.1, 0.15) is 0 Å². The van der Waals surface area contributed by atoms with Gasteiger partial charge in [-0.25, -0.2) is 9.69 Å². The average Bonchev–Trinajstić information content (AvgIpc) is 3.31. The van der Waals surface area contributed by atoms with Gasteiger partial charge in [-0.05, 0) is 49.1 Å². The van der Waals surface area contributed by atoms with E-state index in [0.717, 1.165) is 22.3 Å². The minimum absolute atomic E-state index is 0.373. The maximum absolute atomic E-state index is 14.0. The van der Waals surface area contributed by atoms with Gasteiger partial charge < -0.3 is 5.11 Å². The van der Waals surface area contributed by atoms with Crippen LogP contribution in [0.4, 0.5) is 5.69 Å². The Bertz CT molecular complexity index is 1320. The number of para-hydroxylation sites is 1. The van der Waals surface area contributed by atoms with Crippen LogP contribution in [0.2, 0.25) is 0 Å². The molecule has 3 aromatic carbocycles. The first-order valence-electron chi connectivity index (χ1n) is 11.3. The number of nitrogens with zero attached hydrogens (tertiary/aromatic N) is 1. The molecule has 6 heteroatoms. The molecule has 0 radical (unpaired) electrons. The fourth-order valence-corrected chi connectivity index (χ4v) is 5.61. The van der Waals surface area contributed by atoms with Gasteiger partial charge in [0.05, 0.1) is 17.5 Å². The maximum atomic E-state index is 14.0. The molecule has 2 aliphatic rings. The van der Waals surface area contributed by atoms with Gasteiger partial charge in [0.15, 0.2) is 5.54 Å². The number of carboxylic acid groups (broad SMARTS) is 1. The largest absolute Gasteiger partial charge is 0.480 e. The summed E-state index contributed by atoms with van der Waals surface area (Å²) in [7, 11) is 0. The highest BCUT2D eigenvalue weighted by Gasteiger charge is 2.69. The zero-order chi connectivity index (χ0) is 24.2. The number of rotatable bonds is 4. The number of hydrogen-bond donors (Lipinski definition) is 2. The van der Waals surface area contributed by atoms with Gasteiger partial charge in [-0.1, -0.05) is 72.3 Å². The van der Waals surface area contributed by atoms with E-state index in [4.69, 9.17) is 0 Å². The molecule has 0 aliphatic carbocycles. The minimum Gasteiger partial charge on any atom is -0.480 e. The van der Waals surface area contributed by atoms with Gasteiger partial charge >= 0.3 is 5.97 Å². The third-order valence-electron chi connectivity index (χ3n) is 7.25. The number of carbonyl (C=O) groups is 3. The molecular formula is C28H26N2O4. The van der Waals surface area contributed by atoms with Crippen LogP contribution in [0.15, 0.2) is 72.8 Å². The number of benzene rings is 3. The van der Waals surface area contributed by atoms with Crippen molar-refractivity contribution < 1.29 is 19.5 Å². The van der Waals surface area contributed by atoms with Crippen molar-refractivity contribution in [3.63, 3.8) is 0 Å². The van der Waals surface area contributed by atoms with Crippen LogP contribution in [0.3, 0.4) is 0 Å². The van der Waals surface area contributed by atoms with Crippen molar-refractivity contribution in [1.29, 1.82) is 0 Å². The van der Waals surface area contributed by atoms with Crippen molar-refractivity contribution in [1.82, 2.24) is 5.32 Å². The molecule has 2 N–H and O–H groups in total. The third-order valence-corrected chi connectivity index (χ3v) is 7.25. The van der Waals surface area contributed by atoms with Crippen LogP contribution >= 0.6 is 0 Å². The standard InChI is InChI=1S/C28H26N2O4/c1-16-13-14-17(2)20(15-16)24-22-23(28(29-24,27(33)34)19-10-5-4-6-11-19)26(32)30(25(22)31)21-12-8-7-9-18(21)3/h4-15,22-24,29H,1-3H3,(H,33,34).